The topological polar surface area (TPSA) is 67.0 Å². The number of nitrogens with zero attached hydrogens (tertiary/aromatic N) is 2. The number of fused-ring (bicyclic) bond motifs is 1. The number of rotatable bonds is 5. The molecular weight excluding hydrogens is 302 g/mol. The van der Waals surface area contributed by atoms with Gasteiger partial charge in [0.2, 0.25) is 0 Å². The zero-order valence-corrected chi connectivity index (χ0v) is 13.8. The van der Waals surface area contributed by atoms with Gasteiger partial charge in [0.15, 0.2) is 0 Å². The standard InChI is InChI=1S/C19H21N3O2/c1-2-22-13-15(17-7-3-4-8-18(17)22)10-14(11-20)19(23)21-12-16-6-5-9-24-16/h3-4,7-8,10,13,16H,2,5-6,9,12H2,1H3,(H,21,23)/b14-10+/t16-/m0/s1. The first-order valence-electron chi connectivity index (χ1n) is 8.32. The highest BCUT2D eigenvalue weighted by molar-refractivity contribution is 6.04. The predicted molar refractivity (Wildman–Crippen MR) is 93.2 cm³/mol. The highest BCUT2D eigenvalue weighted by atomic mass is 16.5. The molecular formula is C19H21N3O2. The predicted octanol–water partition coefficient (Wildman–Crippen LogP) is 2.86. The van der Waals surface area contributed by atoms with Crippen LogP contribution < -0.4 is 5.32 Å². The molecule has 1 atom stereocenters. The Hall–Kier alpha value is -2.58. The molecule has 0 unspecified atom stereocenters. The molecule has 124 valence electrons. The summed E-state index contributed by atoms with van der Waals surface area (Å²) in [6.45, 7) is 4.10. The summed E-state index contributed by atoms with van der Waals surface area (Å²) in [5, 5.41) is 13.2. The van der Waals surface area contributed by atoms with E-state index >= 15 is 0 Å². The van der Waals surface area contributed by atoms with Crippen LogP contribution in [0.5, 0.6) is 0 Å². The van der Waals surface area contributed by atoms with Gasteiger partial charge in [0, 0.05) is 42.4 Å². The third-order valence-electron chi connectivity index (χ3n) is 4.34. The minimum Gasteiger partial charge on any atom is -0.376 e. The fourth-order valence-corrected chi connectivity index (χ4v) is 3.06. The van der Waals surface area contributed by atoms with E-state index in [0.29, 0.717) is 6.54 Å². The summed E-state index contributed by atoms with van der Waals surface area (Å²) in [4.78, 5) is 12.3. The normalized spacial score (nSPS) is 17.8. The van der Waals surface area contributed by atoms with Gasteiger partial charge in [-0.3, -0.25) is 4.79 Å². The van der Waals surface area contributed by atoms with Crippen molar-refractivity contribution in [2.24, 2.45) is 0 Å². The van der Waals surface area contributed by atoms with Crippen molar-refractivity contribution in [1.82, 2.24) is 9.88 Å². The Balaban J connectivity index is 1.82. The van der Waals surface area contributed by atoms with E-state index in [1.54, 1.807) is 6.08 Å². The lowest BCUT2D eigenvalue weighted by molar-refractivity contribution is -0.117. The molecule has 5 nitrogen and oxygen atoms in total. The van der Waals surface area contributed by atoms with Crippen molar-refractivity contribution in [3.63, 3.8) is 0 Å². The van der Waals surface area contributed by atoms with Crippen molar-refractivity contribution in [2.45, 2.75) is 32.4 Å². The smallest absolute Gasteiger partial charge is 0.262 e. The number of amides is 1. The number of nitriles is 1. The van der Waals surface area contributed by atoms with Crippen LogP contribution in [0, 0.1) is 11.3 Å². The first-order chi connectivity index (χ1) is 11.7. The Kier molecular flexibility index (Phi) is 4.97. The fraction of sp³-hybridized carbons (Fsp3) is 0.368. The third-order valence-corrected chi connectivity index (χ3v) is 4.34. The third kappa shape index (κ3) is 3.34. The summed E-state index contributed by atoms with van der Waals surface area (Å²) in [7, 11) is 0. The Labute approximate surface area is 141 Å². The van der Waals surface area contributed by atoms with E-state index in [2.05, 4.69) is 16.8 Å². The molecule has 0 radical (unpaired) electrons. The molecule has 5 heteroatoms. The number of benzene rings is 1. The lowest BCUT2D eigenvalue weighted by Gasteiger charge is -2.10. The van der Waals surface area contributed by atoms with Gasteiger partial charge in [0.1, 0.15) is 11.6 Å². The van der Waals surface area contributed by atoms with Crippen LogP contribution in [0.2, 0.25) is 0 Å². The highest BCUT2D eigenvalue weighted by Gasteiger charge is 2.18. The zero-order chi connectivity index (χ0) is 16.9. The van der Waals surface area contributed by atoms with Crippen LogP contribution in [-0.2, 0) is 16.1 Å². The molecule has 1 amide bonds. The van der Waals surface area contributed by atoms with Crippen LogP contribution in [0.4, 0.5) is 0 Å². The van der Waals surface area contributed by atoms with Crippen molar-refractivity contribution < 1.29 is 9.53 Å². The molecule has 0 saturated carbocycles. The molecule has 0 bridgehead atoms. The molecule has 1 saturated heterocycles. The molecule has 1 aromatic carbocycles. The maximum atomic E-state index is 12.3. The number of carbonyl (C=O) groups is 1. The number of nitrogens with one attached hydrogen (secondary N) is 1. The summed E-state index contributed by atoms with van der Waals surface area (Å²) in [6, 6.07) is 10.0. The second-order valence-corrected chi connectivity index (χ2v) is 5.90. The van der Waals surface area contributed by atoms with E-state index in [1.807, 2.05) is 36.5 Å². The molecule has 0 aliphatic carbocycles. The molecule has 2 heterocycles. The van der Waals surface area contributed by atoms with Gasteiger partial charge >= 0.3 is 0 Å². The zero-order valence-electron chi connectivity index (χ0n) is 13.8. The molecule has 1 aliphatic heterocycles. The van der Waals surface area contributed by atoms with Crippen molar-refractivity contribution >= 4 is 22.9 Å². The molecule has 1 N–H and O–H groups in total. The van der Waals surface area contributed by atoms with E-state index in [4.69, 9.17) is 4.74 Å². The van der Waals surface area contributed by atoms with Crippen molar-refractivity contribution in [2.75, 3.05) is 13.2 Å². The molecule has 1 fully saturated rings. The summed E-state index contributed by atoms with van der Waals surface area (Å²) in [6.07, 6.45) is 5.69. The van der Waals surface area contributed by atoms with Crippen LogP contribution in [0.25, 0.3) is 17.0 Å². The molecule has 3 rings (SSSR count). The fourth-order valence-electron chi connectivity index (χ4n) is 3.06. The van der Waals surface area contributed by atoms with Gasteiger partial charge in [-0.2, -0.15) is 5.26 Å². The summed E-state index contributed by atoms with van der Waals surface area (Å²) >= 11 is 0. The van der Waals surface area contributed by atoms with Crippen molar-refractivity contribution in [3.05, 3.63) is 41.6 Å². The van der Waals surface area contributed by atoms with E-state index in [9.17, 15) is 10.1 Å². The number of hydrogen-bond donors (Lipinski definition) is 1. The lowest BCUT2D eigenvalue weighted by Crippen LogP contribution is -2.32. The monoisotopic (exact) mass is 323 g/mol. The minimum absolute atomic E-state index is 0.0656. The Morgan fingerprint density at radius 1 is 1.50 bits per heavy atom. The van der Waals surface area contributed by atoms with Crippen molar-refractivity contribution in [1.29, 1.82) is 5.26 Å². The van der Waals surface area contributed by atoms with Gasteiger partial charge in [-0.05, 0) is 31.9 Å². The first-order valence-corrected chi connectivity index (χ1v) is 8.32. The second kappa shape index (κ2) is 7.33. The number of aryl methyl sites for hydroxylation is 1. The second-order valence-electron chi connectivity index (χ2n) is 5.90. The number of aromatic nitrogens is 1. The van der Waals surface area contributed by atoms with Crippen LogP contribution in [0.1, 0.15) is 25.3 Å². The molecule has 1 aliphatic rings. The van der Waals surface area contributed by atoms with E-state index in [-0.39, 0.29) is 17.6 Å². The van der Waals surface area contributed by atoms with Gasteiger partial charge in [0.25, 0.3) is 5.91 Å². The van der Waals surface area contributed by atoms with Crippen molar-refractivity contribution in [3.8, 4) is 6.07 Å². The van der Waals surface area contributed by atoms with Crippen LogP contribution in [0.15, 0.2) is 36.0 Å². The van der Waals surface area contributed by atoms with Gasteiger partial charge in [-0.1, -0.05) is 18.2 Å². The van der Waals surface area contributed by atoms with Crippen LogP contribution >= 0.6 is 0 Å². The maximum Gasteiger partial charge on any atom is 0.262 e. The summed E-state index contributed by atoms with van der Waals surface area (Å²) < 4.78 is 7.60. The molecule has 2 aromatic rings. The lowest BCUT2D eigenvalue weighted by atomic mass is 10.1. The SMILES string of the molecule is CCn1cc(/C=C(\C#N)C(=O)NC[C@@H]2CCCO2)c2ccccc21. The Morgan fingerprint density at radius 3 is 3.04 bits per heavy atom. The molecule has 24 heavy (non-hydrogen) atoms. The number of para-hydroxylation sites is 1. The van der Waals surface area contributed by atoms with E-state index in [0.717, 1.165) is 42.5 Å². The minimum atomic E-state index is -0.346. The molecule has 1 aromatic heterocycles. The Morgan fingerprint density at radius 2 is 2.33 bits per heavy atom. The highest BCUT2D eigenvalue weighted by Crippen LogP contribution is 2.23. The van der Waals surface area contributed by atoms with Crippen LogP contribution in [0.3, 0.4) is 0 Å². The Bertz CT molecular complexity index is 808. The summed E-state index contributed by atoms with van der Waals surface area (Å²) in [5.74, 6) is -0.346. The number of carbonyl (C=O) groups excluding carboxylic acids is 1. The largest absolute Gasteiger partial charge is 0.376 e. The molecule has 0 spiro atoms. The number of hydrogen-bond acceptors (Lipinski definition) is 3. The van der Waals surface area contributed by atoms with E-state index < -0.39 is 0 Å². The average Bonchev–Trinajstić information content (AvgIpc) is 3.25. The van der Waals surface area contributed by atoms with Gasteiger partial charge < -0.3 is 14.6 Å². The average molecular weight is 323 g/mol. The maximum absolute atomic E-state index is 12.3. The van der Waals surface area contributed by atoms with Crippen LogP contribution in [-0.4, -0.2) is 29.7 Å². The quantitative estimate of drug-likeness (QED) is 0.679. The van der Waals surface area contributed by atoms with E-state index in [1.165, 1.54) is 0 Å². The summed E-state index contributed by atoms with van der Waals surface area (Å²) in [5.41, 5.74) is 2.10. The van der Waals surface area contributed by atoms with Gasteiger partial charge in [0.05, 0.1) is 6.10 Å². The number of ether oxygens (including phenoxy) is 1. The van der Waals surface area contributed by atoms with Gasteiger partial charge in [-0.25, -0.2) is 0 Å². The first kappa shape index (κ1) is 16.3. The van der Waals surface area contributed by atoms with Gasteiger partial charge in [-0.15, -0.1) is 0 Å².